The van der Waals surface area contributed by atoms with Gasteiger partial charge >= 0.3 is 0 Å². The van der Waals surface area contributed by atoms with Gasteiger partial charge in [-0.2, -0.15) is 0 Å². The van der Waals surface area contributed by atoms with Gasteiger partial charge < -0.3 is 5.32 Å². The third-order valence-corrected chi connectivity index (χ3v) is 2.51. The number of benzene rings is 2. The Morgan fingerprint density at radius 3 is 2.50 bits per heavy atom. The molecule has 0 unspecified atom stereocenters. The number of carbonyl (C=O) groups excluding carboxylic acids is 1. The van der Waals surface area contributed by atoms with Gasteiger partial charge in [-0.1, -0.05) is 18.2 Å². The normalized spacial score (nSPS) is 10.8. The molecule has 2 aromatic carbocycles. The van der Waals surface area contributed by atoms with Gasteiger partial charge in [0.2, 0.25) is 5.91 Å². The van der Waals surface area contributed by atoms with Crippen LogP contribution in [0.5, 0.6) is 0 Å². The van der Waals surface area contributed by atoms with Crippen LogP contribution in [0.15, 0.2) is 48.5 Å². The summed E-state index contributed by atoms with van der Waals surface area (Å²) in [7, 11) is 0. The fourth-order valence-electron chi connectivity index (χ4n) is 1.54. The molecule has 102 valence electrons. The van der Waals surface area contributed by atoms with Crippen LogP contribution in [0.25, 0.3) is 6.08 Å². The summed E-state index contributed by atoms with van der Waals surface area (Å²) >= 11 is 0. The van der Waals surface area contributed by atoms with E-state index in [1.807, 2.05) is 0 Å². The molecule has 1 amide bonds. The minimum absolute atomic E-state index is 0.224. The molecule has 0 radical (unpaired) electrons. The fourth-order valence-corrected chi connectivity index (χ4v) is 1.54. The summed E-state index contributed by atoms with van der Waals surface area (Å²) in [5.74, 6) is -2.58. The number of carbonyl (C=O) groups is 1. The molecule has 0 heterocycles. The molecule has 2 nitrogen and oxygen atoms in total. The number of rotatable bonds is 3. The van der Waals surface area contributed by atoms with Crippen LogP contribution in [0, 0.1) is 17.5 Å². The maximum absolute atomic E-state index is 13.3. The molecule has 0 saturated heterocycles. The van der Waals surface area contributed by atoms with Crippen LogP contribution in [0.2, 0.25) is 0 Å². The number of halogens is 3. The van der Waals surface area contributed by atoms with Gasteiger partial charge in [-0.3, -0.25) is 4.79 Å². The molecule has 5 heteroatoms. The van der Waals surface area contributed by atoms with Crippen molar-refractivity contribution in [2.75, 3.05) is 5.32 Å². The average molecular weight is 277 g/mol. The lowest BCUT2D eigenvalue weighted by molar-refractivity contribution is -0.111. The molecule has 0 aliphatic rings. The molecule has 1 N–H and O–H groups in total. The first-order valence-corrected chi connectivity index (χ1v) is 5.75. The van der Waals surface area contributed by atoms with E-state index in [4.69, 9.17) is 0 Å². The van der Waals surface area contributed by atoms with Gasteiger partial charge in [-0.15, -0.1) is 0 Å². The van der Waals surface area contributed by atoms with Crippen LogP contribution < -0.4 is 5.32 Å². The lowest BCUT2D eigenvalue weighted by atomic mass is 10.2. The third-order valence-electron chi connectivity index (χ3n) is 2.51. The molecule has 0 aliphatic heterocycles. The lowest BCUT2D eigenvalue weighted by Crippen LogP contribution is -2.09. The Morgan fingerprint density at radius 1 is 1.00 bits per heavy atom. The third kappa shape index (κ3) is 3.47. The van der Waals surface area contributed by atoms with E-state index in [9.17, 15) is 18.0 Å². The summed E-state index contributed by atoms with van der Waals surface area (Å²) in [6.07, 6.45) is 2.30. The molecule has 0 fully saturated rings. The molecule has 2 aromatic rings. The standard InChI is InChI=1S/C15H10F3NO/c16-11-6-7-13(18)14(9-11)19-15(20)8-5-10-3-1-2-4-12(10)17/h1-9H,(H,19,20)/b8-5+. The van der Waals surface area contributed by atoms with Gasteiger partial charge in [0.25, 0.3) is 0 Å². The highest BCUT2D eigenvalue weighted by Crippen LogP contribution is 2.15. The van der Waals surface area contributed by atoms with Gasteiger partial charge in [0.05, 0.1) is 5.69 Å². The van der Waals surface area contributed by atoms with Crippen molar-refractivity contribution in [3.63, 3.8) is 0 Å². The van der Waals surface area contributed by atoms with E-state index in [2.05, 4.69) is 5.32 Å². The number of hydrogen-bond acceptors (Lipinski definition) is 1. The second kappa shape index (κ2) is 6.06. The monoisotopic (exact) mass is 277 g/mol. The van der Waals surface area contributed by atoms with Crippen molar-refractivity contribution in [3.05, 3.63) is 71.6 Å². The van der Waals surface area contributed by atoms with E-state index in [1.54, 1.807) is 6.07 Å². The van der Waals surface area contributed by atoms with Crippen molar-refractivity contribution in [1.29, 1.82) is 0 Å². The minimum atomic E-state index is -0.751. The van der Waals surface area contributed by atoms with Crippen LogP contribution in [-0.4, -0.2) is 5.91 Å². The fraction of sp³-hybridized carbons (Fsp3) is 0. The van der Waals surface area contributed by atoms with Crippen molar-refractivity contribution >= 4 is 17.7 Å². The quantitative estimate of drug-likeness (QED) is 0.850. The molecule has 0 aromatic heterocycles. The molecule has 0 saturated carbocycles. The predicted molar refractivity (Wildman–Crippen MR) is 70.4 cm³/mol. The first-order chi connectivity index (χ1) is 9.56. The largest absolute Gasteiger partial charge is 0.320 e. The van der Waals surface area contributed by atoms with Gasteiger partial charge in [0.1, 0.15) is 17.5 Å². The van der Waals surface area contributed by atoms with E-state index >= 15 is 0 Å². The molecule has 0 atom stereocenters. The smallest absolute Gasteiger partial charge is 0.248 e. The number of hydrogen-bond donors (Lipinski definition) is 1. The summed E-state index contributed by atoms with van der Waals surface area (Å²) < 4.78 is 39.5. The van der Waals surface area contributed by atoms with Gasteiger partial charge in [0.15, 0.2) is 0 Å². The zero-order valence-electron chi connectivity index (χ0n) is 10.2. The number of anilines is 1. The molecule has 0 aliphatic carbocycles. The Kier molecular flexibility index (Phi) is 4.20. The van der Waals surface area contributed by atoms with Crippen molar-refractivity contribution < 1.29 is 18.0 Å². The van der Waals surface area contributed by atoms with Gasteiger partial charge in [-0.05, 0) is 24.3 Å². The van der Waals surface area contributed by atoms with Crippen molar-refractivity contribution in [1.82, 2.24) is 0 Å². The first kappa shape index (κ1) is 13.9. The summed E-state index contributed by atoms with van der Waals surface area (Å²) in [6, 6.07) is 8.60. The van der Waals surface area contributed by atoms with E-state index in [1.165, 1.54) is 24.3 Å². The maximum Gasteiger partial charge on any atom is 0.248 e. The van der Waals surface area contributed by atoms with Crippen molar-refractivity contribution in [3.8, 4) is 0 Å². The average Bonchev–Trinajstić information content (AvgIpc) is 2.42. The predicted octanol–water partition coefficient (Wildman–Crippen LogP) is 3.76. The van der Waals surface area contributed by atoms with Crippen molar-refractivity contribution in [2.45, 2.75) is 0 Å². The maximum atomic E-state index is 13.3. The Bertz CT molecular complexity index is 668. The first-order valence-electron chi connectivity index (χ1n) is 5.75. The van der Waals surface area contributed by atoms with Crippen LogP contribution in [0.3, 0.4) is 0 Å². The number of amides is 1. The Balaban J connectivity index is 2.10. The topological polar surface area (TPSA) is 29.1 Å². The van der Waals surface area contributed by atoms with E-state index in [0.717, 1.165) is 24.3 Å². The summed E-state index contributed by atoms with van der Waals surface area (Å²) in [5, 5.41) is 2.18. The molecule has 2 rings (SSSR count). The summed E-state index contributed by atoms with van der Waals surface area (Å²) in [5.41, 5.74) is -0.0458. The van der Waals surface area contributed by atoms with E-state index < -0.39 is 23.4 Å². The Labute approximate surface area is 113 Å². The molecule has 0 spiro atoms. The highest BCUT2D eigenvalue weighted by Gasteiger charge is 2.06. The number of nitrogens with one attached hydrogen (secondary N) is 1. The Morgan fingerprint density at radius 2 is 1.75 bits per heavy atom. The van der Waals surface area contributed by atoms with Crippen LogP contribution >= 0.6 is 0 Å². The SMILES string of the molecule is O=C(/C=C/c1ccccc1F)Nc1cc(F)ccc1F. The minimum Gasteiger partial charge on any atom is -0.320 e. The van der Waals surface area contributed by atoms with Gasteiger partial charge in [-0.25, -0.2) is 13.2 Å². The summed E-state index contributed by atoms with van der Waals surface area (Å²) in [4.78, 5) is 11.6. The molecular formula is C15H10F3NO. The van der Waals surface area contributed by atoms with Crippen LogP contribution in [0.1, 0.15) is 5.56 Å². The molecule has 0 bridgehead atoms. The zero-order valence-corrected chi connectivity index (χ0v) is 10.2. The van der Waals surface area contributed by atoms with Gasteiger partial charge in [0, 0.05) is 17.7 Å². The molecular weight excluding hydrogens is 267 g/mol. The van der Waals surface area contributed by atoms with Crippen molar-refractivity contribution in [2.24, 2.45) is 0 Å². The van der Waals surface area contributed by atoms with E-state index in [-0.39, 0.29) is 11.3 Å². The van der Waals surface area contributed by atoms with Crippen LogP contribution in [-0.2, 0) is 4.79 Å². The van der Waals surface area contributed by atoms with E-state index in [0.29, 0.717) is 0 Å². The Hall–Kier alpha value is -2.56. The summed E-state index contributed by atoms with van der Waals surface area (Å²) in [6.45, 7) is 0. The second-order valence-corrected chi connectivity index (χ2v) is 3.97. The highest BCUT2D eigenvalue weighted by molar-refractivity contribution is 6.02. The van der Waals surface area contributed by atoms with Crippen LogP contribution in [0.4, 0.5) is 18.9 Å². The lowest BCUT2D eigenvalue weighted by Gasteiger charge is -2.03. The highest BCUT2D eigenvalue weighted by atomic mass is 19.1. The second-order valence-electron chi connectivity index (χ2n) is 3.97. The molecule has 20 heavy (non-hydrogen) atoms. The zero-order chi connectivity index (χ0) is 14.5.